The number of carboxylic acid groups (broad SMARTS) is 1. The van der Waals surface area contributed by atoms with E-state index in [9.17, 15) is 4.79 Å². The lowest BCUT2D eigenvalue weighted by Gasteiger charge is -2.34. The number of carboxylic acids is 1. The van der Waals surface area contributed by atoms with Crippen LogP contribution in [0.25, 0.3) is 0 Å². The van der Waals surface area contributed by atoms with Crippen LogP contribution < -0.4 is 5.32 Å². The van der Waals surface area contributed by atoms with Crippen LogP contribution in [0.5, 0.6) is 0 Å². The van der Waals surface area contributed by atoms with Crippen LogP contribution in [-0.2, 0) is 4.79 Å². The minimum atomic E-state index is -0.745. The molecule has 1 aliphatic rings. The third kappa shape index (κ3) is 2.38. The molecule has 0 radical (unpaired) electrons. The van der Waals surface area contributed by atoms with Gasteiger partial charge in [0.1, 0.15) is 6.04 Å². The molecule has 0 saturated carbocycles. The van der Waals surface area contributed by atoms with Gasteiger partial charge in [-0.1, -0.05) is 0 Å². The van der Waals surface area contributed by atoms with Crippen LogP contribution in [-0.4, -0.2) is 34.2 Å². The summed E-state index contributed by atoms with van der Waals surface area (Å²) in [5.74, 6) is 0.917. The summed E-state index contributed by atoms with van der Waals surface area (Å²) in [4.78, 5) is 10.6. The summed E-state index contributed by atoms with van der Waals surface area (Å²) in [6, 6.07) is -0.372. The van der Waals surface area contributed by atoms with E-state index in [2.05, 4.69) is 5.32 Å². The Balaban J connectivity index is 2.53. The minimum absolute atomic E-state index is 0.0357. The summed E-state index contributed by atoms with van der Waals surface area (Å²) >= 11 is 1.69. The molecule has 1 atom stereocenters. The van der Waals surface area contributed by atoms with E-state index < -0.39 is 5.97 Å². The Morgan fingerprint density at radius 1 is 1.73 bits per heavy atom. The quantitative estimate of drug-likeness (QED) is 0.611. The summed E-state index contributed by atoms with van der Waals surface area (Å²) in [5.41, 5.74) is -0.0357. The second-order valence-corrected chi connectivity index (χ2v) is 4.46. The normalized spacial score (nSPS) is 29.8. The van der Waals surface area contributed by atoms with Crippen LogP contribution in [0.2, 0.25) is 0 Å². The molecule has 2 N–H and O–H groups in total. The van der Waals surface area contributed by atoms with Gasteiger partial charge in [-0.2, -0.15) is 11.8 Å². The number of carbonyl (C=O) groups is 1. The predicted molar refractivity (Wildman–Crippen MR) is 46.0 cm³/mol. The van der Waals surface area contributed by atoms with Crippen molar-refractivity contribution >= 4 is 17.7 Å². The molecule has 0 spiro atoms. The molecule has 64 valence electrons. The van der Waals surface area contributed by atoms with E-state index in [0.717, 1.165) is 5.75 Å². The van der Waals surface area contributed by atoms with Gasteiger partial charge >= 0.3 is 5.97 Å². The molecule has 3 nitrogen and oxygen atoms in total. The lowest BCUT2D eigenvalue weighted by Crippen LogP contribution is -2.55. The third-order valence-corrected chi connectivity index (χ3v) is 3.11. The van der Waals surface area contributed by atoms with Gasteiger partial charge in [0.2, 0.25) is 0 Å². The van der Waals surface area contributed by atoms with Gasteiger partial charge in [0, 0.05) is 17.0 Å². The maximum Gasteiger partial charge on any atom is 0.321 e. The Morgan fingerprint density at radius 2 is 2.36 bits per heavy atom. The third-order valence-electron chi connectivity index (χ3n) is 1.61. The van der Waals surface area contributed by atoms with Crippen molar-refractivity contribution in [2.75, 3.05) is 11.5 Å². The molecule has 11 heavy (non-hydrogen) atoms. The summed E-state index contributed by atoms with van der Waals surface area (Å²) < 4.78 is 0. The Bertz CT molecular complexity index is 170. The van der Waals surface area contributed by atoms with Crippen LogP contribution in [0, 0.1) is 0 Å². The molecule has 1 fully saturated rings. The molecule has 0 amide bonds. The first kappa shape index (κ1) is 8.87. The Labute approximate surface area is 70.6 Å². The van der Waals surface area contributed by atoms with E-state index in [1.807, 2.05) is 13.8 Å². The average molecular weight is 175 g/mol. The highest BCUT2D eigenvalue weighted by Crippen LogP contribution is 2.20. The number of hydrogen-bond donors (Lipinski definition) is 2. The van der Waals surface area contributed by atoms with Crippen molar-refractivity contribution in [1.82, 2.24) is 5.32 Å². The summed E-state index contributed by atoms with van der Waals surface area (Å²) in [6.45, 7) is 4.05. The molecular formula is C7H13NO2S. The topological polar surface area (TPSA) is 49.3 Å². The lowest BCUT2D eigenvalue weighted by atomic mass is 10.1. The molecule has 1 unspecified atom stereocenters. The molecule has 1 saturated heterocycles. The van der Waals surface area contributed by atoms with E-state index in [0.29, 0.717) is 5.75 Å². The number of nitrogens with one attached hydrogen (secondary N) is 1. The van der Waals surface area contributed by atoms with E-state index >= 15 is 0 Å². The van der Waals surface area contributed by atoms with Crippen molar-refractivity contribution in [3.63, 3.8) is 0 Å². The fourth-order valence-electron chi connectivity index (χ4n) is 1.12. The van der Waals surface area contributed by atoms with Crippen LogP contribution in [0.4, 0.5) is 0 Å². The highest BCUT2D eigenvalue weighted by Gasteiger charge is 2.30. The molecule has 0 aromatic rings. The first-order chi connectivity index (χ1) is 5.01. The zero-order valence-electron chi connectivity index (χ0n) is 6.76. The van der Waals surface area contributed by atoms with Crippen molar-refractivity contribution in [1.29, 1.82) is 0 Å². The van der Waals surface area contributed by atoms with Gasteiger partial charge in [0.25, 0.3) is 0 Å². The number of thioether (sulfide) groups is 1. The summed E-state index contributed by atoms with van der Waals surface area (Å²) in [5, 5.41) is 11.8. The molecule has 0 bridgehead atoms. The number of hydrogen-bond acceptors (Lipinski definition) is 3. The second-order valence-electron chi connectivity index (χ2n) is 3.43. The molecule has 0 aliphatic carbocycles. The second kappa shape index (κ2) is 3.03. The minimum Gasteiger partial charge on any atom is -0.480 e. The largest absolute Gasteiger partial charge is 0.480 e. The monoisotopic (exact) mass is 175 g/mol. The Morgan fingerprint density at radius 3 is 2.73 bits per heavy atom. The lowest BCUT2D eigenvalue weighted by molar-refractivity contribution is -0.139. The molecule has 4 heteroatoms. The zero-order valence-corrected chi connectivity index (χ0v) is 7.57. The van der Waals surface area contributed by atoms with E-state index in [4.69, 9.17) is 5.11 Å². The van der Waals surface area contributed by atoms with Gasteiger partial charge in [-0.25, -0.2) is 0 Å². The van der Waals surface area contributed by atoms with Crippen molar-refractivity contribution < 1.29 is 9.90 Å². The highest BCUT2D eigenvalue weighted by molar-refractivity contribution is 7.99. The molecule has 1 rings (SSSR count). The predicted octanol–water partition coefficient (Wildman–Crippen LogP) is 0.555. The van der Waals surface area contributed by atoms with Crippen LogP contribution >= 0.6 is 11.8 Å². The van der Waals surface area contributed by atoms with E-state index in [-0.39, 0.29) is 11.6 Å². The first-order valence-electron chi connectivity index (χ1n) is 3.59. The molecule has 1 aliphatic heterocycles. The van der Waals surface area contributed by atoms with Crippen LogP contribution in [0.3, 0.4) is 0 Å². The van der Waals surface area contributed by atoms with Crippen LogP contribution in [0.1, 0.15) is 13.8 Å². The summed E-state index contributed by atoms with van der Waals surface area (Å²) in [7, 11) is 0. The zero-order chi connectivity index (χ0) is 8.48. The molecule has 0 aromatic heterocycles. The average Bonchev–Trinajstić information content (AvgIpc) is 1.85. The Hall–Kier alpha value is -0.220. The fourth-order valence-corrected chi connectivity index (χ4v) is 2.29. The smallest absolute Gasteiger partial charge is 0.321 e. The van der Waals surface area contributed by atoms with Crippen molar-refractivity contribution in [2.45, 2.75) is 25.4 Å². The van der Waals surface area contributed by atoms with Crippen LogP contribution in [0.15, 0.2) is 0 Å². The fraction of sp³-hybridized carbons (Fsp3) is 0.857. The number of rotatable bonds is 1. The summed E-state index contributed by atoms with van der Waals surface area (Å²) in [6.07, 6.45) is 0. The first-order valence-corrected chi connectivity index (χ1v) is 4.75. The molecule has 1 heterocycles. The van der Waals surface area contributed by atoms with Gasteiger partial charge in [0.15, 0.2) is 0 Å². The van der Waals surface area contributed by atoms with Gasteiger partial charge in [-0.05, 0) is 13.8 Å². The van der Waals surface area contributed by atoms with Crippen molar-refractivity contribution in [3.8, 4) is 0 Å². The highest BCUT2D eigenvalue weighted by atomic mass is 32.2. The van der Waals surface area contributed by atoms with Gasteiger partial charge in [-0.15, -0.1) is 0 Å². The maximum atomic E-state index is 10.6. The van der Waals surface area contributed by atoms with Crippen molar-refractivity contribution in [2.24, 2.45) is 0 Å². The van der Waals surface area contributed by atoms with E-state index in [1.165, 1.54) is 0 Å². The van der Waals surface area contributed by atoms with Gasteiger partial charge < -0.3 is 5.11 Å². The SMILES string of the molecule is CC1(C)CSCC(C(=O)O)N1. The molecule has 0 aromatic carbocycles. The van der Waals surface area contributed by atoms with Crippen molar-refractivity contribution in [3.05, 3.63) is 0 Å². The standard InChI is InChI=1S/C7H13NO2S/c1-7(2)4-11-3-5(8-7)6(9)10/h5,8H,3-4H2,1-2H3,(H,9,10). The molecular weight excluding hydrogens is 162 g/mol. The van der Waals surface area contributed by atoms with Gasteiger partial charge in [0.05, 0.1) is 0 Å². The number of aliphatic carboxylic acids is 1. The Kier molecular flexibility index (Phi) is 2.44. The maximum absolute atomic E-state index is 10.6. The van der Waals surface area contributed by atoms with Gasteiger partial charge in [-0.3, -0.25) is 10.1 Å². The van der Waals surface area contributed by atoms with E-state index in [1.54, 1.807) is 11.8 Å².